The molecule has 1 atom stereocenters. The summed E-state index contributed by atoms with van der Waals surface area (Å²) in [5, 5.41) is 4.53. The van der Waals surface area contributed by atoms with Crippen LogP contribution in [0.15, 0.2) is 121 Å². The Kier molecular flexibility index (Phi) is 7.24. The maximum atomic E-state index is 15.2. The van der Waals surface area contributed by atoms with Crippen LogP contribution in [0.2, 0.25) is 0 Å². The lowest BCUT2D eigenvalue weighted by atomic mass is 9.86. The number of nitrogens with zero attached hydrogens (tertiary/aromatic N) is 3. The van der Waals surface area contributed by atoms with E-state index in [1.54, 1.807) is 9.69 Å². The van der Waals surface area contributed by atoms with Crippen LogP contribution in [0.1, 0.15) is 36.8 Å². The standard InChI is InChI=1S/C38H32N4O2/c1-2-3-24-41(42-34-23-12-11-22-33(34)40-38(42)39-25-43)37(44)36-32-19-10-9-18-29(32)31-21-13-20-30(35(31)36)28-17-8-7-16-27(28)26-14-5-4-6-15-26/h4-23,25,36H,2-3,24H2,1H3,(H,39,40,43). The summed E-state index contributed by atoms with van der Waals surface area (Å²) in [6.45, 7) is 2.58. The summed E-state index contributed by atoms with van der Waals surface area (Å²) in [5.74, 6) is -0.297. The molecule has 44 heavy (non-hydrogen) atoms. The van der Waals surface area contributed by atoms with E-state index in [0.717, 1.165) is 62.9 Å². The minimum absolute atomic E-state index is 0.0635. The van der Waals surface area contributed by atoms with Crippen LogP contribution in [0.25, 0.3) is 44.4 Å². The zero-order chi connectivity index (χ0) is 30.0. The molecule has 5 aromatic carbocycles. The predicted molar refractivity (Wildman–Crippen MR) is 177 cm³/mol. The molecule has 0 bridgehead atoms. The molecule has 1 aliphatic carbocycles. The number of amides is 2. The third-order valence-electron chi connectivity index (χ3n) is 8.45. The number of carbonyl (C=O) groups is 2. The Hall–Kier alpha value is -5.49. The monoisotopic (exact) mass is 576 g/mol. The quantitative estimate of drug-likeness (QED) is 0.177. The molecule has 1 heterocycles. The fourth-order valence-electron chi connectivity index (χ4n) is 6.51. The van der Waals surface area contributed by atoms with E-state index in [9.17, 15) is 4.79 Å². The van der Waals surface area contributed by atoms with E-state index < -0.39 is 5.92 Å². The number of imidazole rings is 1. The molecule has 6 aromatic rings. The van der Waals surface area contributed by atoms with Crippen molar-refractivity contribution in [2.75, 3.05) is 16.9 Å². The maximum absolute atomic E-state index is 15.2. The van der Waals surface area contributed by atoms with Gasteiger partial charge in [0, 0.05) is 6.54 Å². The number of unbranched alkanes of at least 4 members (excludes halogenated alkanes) is 1. The number of anilines is 1. The van der Waals surface area contributed by atoms with Gasteiger partial charge < -0.3 is 0 Å². The van der Waals surface area contributed by atoms with Crippen molar-refractivity contribution in [3.8, 4) is 33.4 Å². The highest BCUT2D eigenvalue weighted by atomic mass is 16.2. The minimum Gasteiger partial charge on any atom is -0.297 e. The molecule has 0 aliphatic heterocycles. The van der Waals surface area contributed by atoms with Crippen molar-refractivity contribution in [2.45, 2.75) is 25.7 Å². The van der Waals surface area contributed by atoms with Gasteiger partial charge in [0.25, 0.3) is 5.91 Å². The summed E-state index contributed by atoms with van der Waals surface area (Å²) in [6.07, 6.45) is 2.30. The van der Waals surface area contributed by atoms with Gasteiger partial charge in [-0.3, -0.25) is 14.9 Å². The largest absolute Gasteiger partial charge is 0.297 e. The number of rotatable bonds is 9. The van der Waals surface area contributed by atoms with E-state index >= 15 is 4.79 Å². The Morgan fingerprint density at radius 3 is 2.18 bits per heavy atom. The van der Waals surface area contributed by atoms with Crippen LogP contribution in [0.4, 0.5) is 5.95 Å². The highest BCUT2D eigenvalue weighted by molar-refractivity contribution is 6.05. The molecule has 0 spiro atoms. The van der Waals surface area contributed by atoms with Gasteiger partial charge >= 0.3 is 0 Å². The Bertz CT molecular complexity index is 2000. The SMILES string of the molecule is CCCCN(C(=O)C1c2ccccc2-c2cccc(-c3ccccc3-c3ccccc3)c21)n1c(NC=O)nc2ccccc21. The lowest BCUT2D eigenvalue weighted by Crippen LogP contribution is -2.44. The lowest BCUT2D eigenvalue weighted by molar-refractivity contribution is -0.120. The molecule has 2 amide bonds. The lowest BCUT2D eigenvalue weighted by Gasteiger charge is -2.29. The molecule has 1 aliphatic rings. The number of aromatic nitrogens is 2. The molecule has 6 heteroatoms. The minimum atomic E-state index is -0.552. The van der Waals surface area contributed by atoms with E-state index in [0.29, 0.717) is 24.4 Å². The van der Waals surface area contributed by atoms with Crippen LogP contribution >= 0.6 is 0 Å². The average Bonchev–Trinajstić information content (AvgIpc) is 3.61. The first-order chi connectivity index (χ1) is 21.7. The first-order valence-corrected chi connectivity index (χ1v) is 15.1. The van der Waals surface area contributed by atoms with Crippen molar-refractivity contribution in [1.29, 1.82) is 0 Å². The Balaban J connectivity index is 1.45. The zero-order valence-electron chi connectivity index (χ0n) is 24.5. The van der Waals surface area contributed by atoms with E-state index in [-0.39, 0.29) is 5.91 Å². The molecule has 1 unspecified atom stereocenters. The van der Waals surface area contributed by atoms with Crippen LogP contribution < -0.4 is 10.3 Å². The van der Waals surface area contributed by atoms with Crippen molar-refractivity contribution in [3.63, 3.8) is 0 Å². The molecule has 1 N–H and O–H groups in total. The van der Waals surface area contributed by atoms with Gasteiger partial charge in [0.05, 0.1) is 17.0 Å². The fraction of sp³-hybridized carbons (Fsp3) is 0.132. The maximum Gasteiger partial charge on any atom is 0.253 e. The van der Waals surface area contributed by atoms with Gasteiger partial charge in [0.2, 0.25) is 12.4 Å². The number of carbonyl (C=O) groups excluding carboxylic acids is 2. The molecule has 6 nitrogen and oxygen atoms in total. The molecule has 216 valence electrons. The van der Waals surface area contributed by atoms with Crippen molar-refractivity contribution >= 4 is 29.3 Å². The van der Waals surface area contributed by atoms with Crippen LogP contribution in [0, 0.1) is 0 Å². The van der Waals surface area contributed by atoms with Crippen molar-refractivity contribution in [3.05, 3.63) is 132 Å². The molecule has 0 saturated heterocycles. The number of nitrogens with one attached hydrogen (secondary N) is 1. The van der Waals surface area contributed by atoms with Crippen LogP contribution in [-0.2, 0) is 9.59 Å². The Morgan fingerprint density at radius 2 is 1.41 bits per heavy atom. The van der Waals surface area contributed by atoms with Gasteiger partial charge in [-0.25, -0.2) is 14.7 Å². The summed E-state index contributed by atoms with van der Waals surface area (Å²) in [6, 6.07) is 41.0. The number of para-hydroxylation sites is 2. The highest BCUT2D eigenvalue weighted by Crippen LogP contribution is 2.50. The predicted octanol–water partition coefficient (Wildman–Crippen LogP) is 8.02. The molecule has 0 saturated carbocycles. The van der Waals surface area contributed by atoms with Gasteiger partial charge in [-0.15, -0.1) is 0 Å². The summed E-state index contributed by atoms with van der Waals surface area (Å²) in [5.41, 5.74) is 9.93. The first-order valence-electron chi connectivity index (χ1n) is 15.1. The second kappa shape index (κ2) is 11.7. The van der Waals surface area contributed by atoms with Crippen molar-refractivity contribution in [2.24, 2.45) is 0 Å². The average molecular weight is 577 g/mol. The Labute approximate surface area is 256 Å². The smallest absolute Gasteiger partial charge is 0.253 e. The van der Waals surface area contributed by atoms with Crippen LogP contribution in [0.3, 0.4) is 0 Å². The summed E-state index contributed by atoms with van der Waals surface area (Å²) >= 11 is 0. The molecular weight excluding hydrogens is 544 g/mol. The molecule has 7 rings (SSSR count). The molecule has 1 aromatic heterocycles. The second-order valence-corrected chi connectivity index (χ2v) is 11.0. The fourth-order valence-corrected chi connectivity index (χ4v) is 6.51. The number of hydrogen-bond donors (Lipinski definition) is 1. The van der Waals surface area contributed by atoms with Gasteiger partial charge in [0.1, 0.15) is 0 Å². The second-order valence-electron chi connectivity index (χ2n) is 11.0. The highest BCUT2D eigenvalue weighted by Gasteiger charge is 2.39. The number of fused-ring (bicyclic) bond motifs is 4. The number of hydrogen-bond acceptors (Lipinski definition) is 3. The summed E-state index contributed by atoms with van der Waals surface area (Å²) in [4.78, 5) is 31.5. The zero-order valence-corrected chi connectivity index (χ0v) is 24.5. The third-order valence-corrected chi connectivity index (χ3v) is 8.45. The molecule has 0 fully saturated rings. The molecule has 0 radical (unpaired) electrons. The van der Waals surface area contributed by atoms with Crippen molar-refractivity contribution < 1.29 is 9.59 Å². The molecular formula is C38H32N4O2. The van der Waals surface area contributed by atoms with E-state index in [2.05, 4.69) is 96.1 Å². The normalized spacial score (nSPS) is 13.3. The summed E-state index contributed by atoms with van der Waals surface area (Å²) < 4.78 is 1.78. The van der Waals surface area contributed by atoms with Gasteiger partial charge in [-0.05, 0) is 63.1 Å². The van der Waals surface area contributed by atoms with E-state index in [1.807, 2.05) is 42.5 Å². The Morgan fingerprint density at radius 1 is 0.773 bits per heavy atom. The van der Waals surface area contributed by atoms with Gasteiger partial charge in [-0.1, -0.05) is 123 Å². The van der Waals surface area contributed by atoms with Gasteiger partial charge in [0.15, 0.2) is 0 Å². The van der Waals surface area contributed by atoms with E-state index in [1.165, 1.54) is 0 Å². The van der Waals surface area contributed by atoms with E-state index in [4.69, 9.17) is 0 Å². The topological polar surface area (TPSA) is 67.2 Å². The van der Waals surface area contributed by atoms with Gasteiger partial charge in [-0.2, -0.15) is 0 Å². The number of benzene rings is 5. The third kappa shape index (κ3) is 4.56. The summed E-state index contributed by atoms with van der Waals surface area (Å²) in [7, 11) is 0. The van der Waals surface area contributed by atoms with Crippen LogP contribution in [-0.4, -0.2) is 28.5 Å². The first kappa shape index (κ1) is 27.3. The van der Waals surface area contributed by atoms with Crippen LogP contribution in [0.5, 0.6) is 0 Å². The van der Waals surface area contributed by atoms with Crippen molar-refractivity contribution in [1.82, 2.24) is 9.66 Å².